The highest BCUT2D eigenvalue weighted by atomic mass is 79.9. The minimum atomic E-state index is -4.67. The summed E-state index contributed by atoms with van der Waals surface area (Å²) in [5.41, 5.74) is -2.48. The number of rotatable bonds is 1. The summed E-state index contributed by atoms with van der Waals surface area (Å²) in [5.74, 6) is -0.534. The van der Waals surface area contributed by atoms with Crippen molar-refractivity contribution in [1.82, 2.24) is 9.88 Å². The molecule has 8 heteroatoms. The molecule has 0 bridgehead atoms. The summed E-state index contributed by atoms with van der Waals surface area (Å²) in [6.07, 6.45) is -3.00. The lowest BCUT2D eigenvalue weighted by molar-refractivity contribution is -0.142. The van der Waals surface area contributed by atoms with Crippen LogP contribution in [0, 0.1) is 0 Å². The highest BCUT2D eigenvalue weighted by Gasteiger charge is 2.35. The van der Waals surface area contributed by atoms with Crippen LogP contribution in [0.3, 0.4) is 0 Å². The Morgan fingerprint density at radius 1 is 1.32 bits per heavy atom. The Kier molecular flexibility index (Phi) is 3.71. The molecule has 2 heterocycles. The number of hydrogen-bond donors (Lipinski definition) is 1. The third-order valence-corrected chi connectivity index (χ3v) is 3.53. The molecule has 1 amide bonds. The Hall–Kier alpha value is -1.31. The topological polar surface area (TPSA) is 53.2 Å². The standard InChI is InChI=1S/C11H10BrF3N2O2/c12-7-5-6(10(19)17-3-1-2-4-17)9(18)16-8(7)11(13,14)15/h5H,1-4H2,(H,16,18). The lowest BCUT2D eigenvalue weighted by atomic mass is 10.2. The summed E-state index contributed by atoms with van der Waals surface area (Å²) < 4.78 is 37.4. The highest BCUT2D eigenvalue weighted by Crippen LogP contribution is 2.32. The minimum absolute atomic E-state index is 0.276. The van der Waals surface area contributed by atoms with Crippen molar-refractivity contribution in [2.24, 2.45) is 0 Å². The first-order valence-electron chi connectivity index (χ1n) is 5.60. The second-order valence-electron chi connectivity index (χ2n) is 4.23. The maximum absolute atomic E-state index is 12.6. The first-order valence-corrected chi connectivity index (χ1v) is 6.39. The summed E-state index contributed by atoms with van der Waals surface area (Å²) >= 11 is 2.73. The predicted molar refractivity (Wildman–Crippen MR) is 64.9 cm³/mol. The lowest BCUT2D eigenvalue weighted by Crippen LogP contribution is -2.33. The molecule has 2 rings (SSSR count). The van der Waals surface area contributed by atoms with E-state index in [9.17, 15) is 22.8 Å². The van der Waals surface area contributed by atoms with Gasteiger partial charge >= 0.3 is 6.18 Å². The van der Waals surface area contributed by atoms with Crippen LogP contribution in [0.2, 0.25) is 0 Å². The number of pyridine rings is 1. The van der Waals surface area contributed by atoms with Gasteiger partial charge in [-0.05, 0) is 34.8 Å². The van der Waals surface area contributed by atoms with Crippen LogP contribution < -0.4 is 5.56 Å². The lowest BCUT2D eigenvalue weighted by Gasteiger charge is -2.16. The minimum Gasteiger partial charge on any atom is -0.338 e. The van der Waals surface area contributed by atoms with E-state index in [-0.39, 0.29) is 10.0 Å². The number of aromatic nitrogens is 1. The van der Waals surface area contributed by atoms with Crippen molar-refractivity contribution >= 4 is 21.8 Å². The van der Waals surface area contributed by atoms with Crippen molar-refractivity contribution in [3.63, 3.8) is 0 Å². The van der Waals surface area contributed by atoms with Crippen molar-refractivity contribution < 1.29 is 18.0 Å². The SMILES string of the molecule is O=C(c1cc(Br)c(C(F)(F)F)[nH]c1=O)N1CCCC1. The van der Waals surface area contributed by atoms with Gasteiger partial charge in [-0.1, -0.05) is 0 Å². The first-order chi connectivity index (χ1) is 8.80. The van der Waals surface area contributed by atoms with Gasteiger partial charge in [0.2, 0.25) is 0 Å². The van der Waals surface area contributed by atoms with Crippen LogP contribution in [-0.2, 0) is 6.18 Å². The van der Waals surface area contributed by atoms with Crippen molar-refractivity contribution in [1.29, 1.82) is 0 Å². The molecule has 1 N–H and O–H groups in total. The molecular weight excluding hydrogens is 329 g/mol. The zero-order chi connectivity index (χ0) is 14.2. The number of alkyl halides is 3. The van der Waals surface area contributed by atoms with Gasteiger partial charge in [0.15, 0.2) is 0 Å². The van der Waals surface area contributed by atoms with Crippen LogP contribution in [0.4, 0.5) is 13.2 Å². The number of carbonyl (C=O) groups is 1. The molecule has 1 aromatic heterocycles. The van der Waals surface area contributed by atoms with E-state index < -0.39 is 23.3 Å². The number of aromatic amines is 1. The van der Waals surface area contributed by atoms with Gasteiger partial charge in [-0.3, -0.25) is 9.59 Å². The maximum atomic E-state index is 12.6. The molecule has 1 fully saturated rings. The van der Waals surface area contributed by atoms with Gasteiger partial charge in [-0.15, -0.1) is 0 Å². The first kappa shape index (κ1) is 14.1. The quantitative estimate of drug-likeness (QED) is 0.854. The van der Waals surface area contributed by atoms with Gasteiger partial charge in [-0.25, -0.2) is 0 Å². The molecule has 0 saturated carbocycles. The number of H-pyrrole nitrogens is 1. The van der Waals surface area contributed by atoms with E-state index in [0.717, 1.165) is 18.9 Å². The van der Waals surface area contributed by atoms with Gasteiger partial charge in [-0.2, -0.15) is 13.2 Å². The number of halogens is 4. The van der Waals surface area contributed by atoms with Gasteiger partial charge in [0.1, 0.15) is 11.3 Å². The molecule has 104 valence electrons. The molecule has 0 spiro atoms. The van der Waals surface area contributed by atoms with Crippen LogP contribution in [-0.4, -0.2) is 28.9 Å². The molecule has 0 atom stereocenters. The van der Waals surface area contributed by atoms with E-state index in [1.165, 1.54) is 4.90 Å². The zero-order valence-electron chi connectivity index (χ0n) is 9.68. The summed E-state index contributed by atoms with van der Waals surface area (Å²) in [6.45, 7) is 1.05. The maximum Gasteiger partial charge on any atom is 0.432 e. The molecule has 1 aliphatic rings. The Morgan fingerprint density at radius 2 is 1.89 bits per heavy atom. The van der Waals surface area contributed by atoms with Crippen LogP contribution in [0.25, 0.3) is 0 Å². The fraction of sp³-hybridized carbons (Fsp3) is 0.455. The molecule has 19 heavy (non-hydrogen) atoms. The molecular formula is C11H10BrF3N2O2. The zero-order valence-corrected chi connectivity index (χ0v) is 11.3. The predicted octanol–water partition coefficient (Wildman–Crippen LogP) is 2.39. The van der Waals surface area contributed by atoms with Crippen molar-refractivity contribution in [2.45, 2.75) is 19.0 Å². The van der Waals surface area contributed by atoms with Crippen molar-refractivity contribution in [3.05, 3.63) is 32.2 Å². The molecule has 0 aliphatic carbocycles. The van der Waals surface area contributed by atoms with Crippen LogP contribution >= 0.6 is 15.9 Å². The monoisotopic (exact) mass is 338 g/mol. The Morgan fingerprint density at radius 3 is 2.42 bits per heavy atom. The third kappa shape index (κ3) is 2.83. The number of nitrogens with zero attached hydrogens (tertiary/aromatic N) is 1. The average Bonchev–Trinajstić information content (AvgIpc) is 2.83. The number of carbonyl (C=O) groups excluding carboxylic acids is 1. The molecule has 1 aromatic rings. The van der Waals surface area contributed by atoms with E-state index in [1.807, 2.05) is 0 Å². The van der Waals surface area contributed by atoms with E-state index in [0.29, 0.717) is 13.1 Å². The molecule has 0 unspecified atom stereocenters. The van der Waals surface area contributed by atoms with Crippen molar-refractivity contribution in [2.75, 3.05) is 13.1 Å². The fourth-order valence-corrected chi connectivity index (χ4v) is 2.51. The average molecular weight is 339 g/mol. The van der Waals surface area contributed by atoms with Crippen molar-refractivity contribution in [3.8, 4) is 0 Å². The Balaban J connectivity index is 2.41. The van der Waals surface area contributed by atoms with Crippen LogP contribution in [0.1, 0.15) is 28.9 Å². The Bertz CT molecular complexity index is 562. The highest BCUT2D eigenvalue weighted by molar-refractivity contribution is 9.10. The van der Waals surface area contributed by atoms with Crippen LogP contribution in [0.15, 0.2) is 15.3 Å². The second-order valence-corrected chi connectivity index (χ2v) is 5.09. The number of likely N-dealkylation sites (tertiary alicyclic amines) is 1. The normalized spacial score (nSPS) is 15.9. The van der Waals surface area contributed by atoms with Gasteiger partial charge in [0.25, 0.3) is 11.5 Å². The smallest absolute Gasteiger partial charge is 0.338 e. The van der Waals surface area contributed by atoms with Gasteiger partial charge in [0, 0.05) is 17.6 Å². The summed E-state index contributed by atoms with van der Waals surface area (Å²) in [5, 5.41) is 0. The van der Waals surface area contributed by atoms with E-state index >= 15 is 0 Å². The van der Waals surface area contributed by atoms with Gasteiger partial charge in [0.05, 0.1) is 0 Å². The summed E-state index contributed by atoms with van der Waals surface area (Å²) in [7, 11) is 0. The second kappa shape index (κ2) is 4.99. The molecule has 1 aliphatic heterocycles. The fourth-order valence-electron chi connectivity index (χ4n) is 1.96. The molecule has 0 radical (unpaired) electrons. The largest absolute Gasteiger partial charge is 0.432 e. The van der Waals surface area contributed by atoms with Gasteiger partial charge < -0.3 is 9.88 Å². The molecule has 1 saturated heterocycles. The van der Waals surface area contributed by atoms with Crippen LogP contribution in [0.5, 0.6) is 0 Å². The van der Waals surface area contributed by atoms with E-state index in [1.54, 1.807) is 4.98 Å². The van der Waals surface area contributed by atoms with E-state index in [4.69, 9.17) is 0 Å². The number of nitrogens with one attached hydrogen (secondary N) is 1. The molecule has 4 nitrogen and oxygen atoms in total. The number of hydrogen-bond acceptors (Lipinski definition) is 2. The third-order valence-electron chi connectivity index (χ3n) is 2.90. The summed E-state index contributed by atoms with van der Waals surface area (Å²) in [4.78, 5) is 26.8. The van der Waals surface area contributed by atoms with E-state index in [2.05, 4.69) is 15.9 Å². The number of amides is 1. The summed E-state index contributed by atoms with van der Waals surface area (Å²) in [6, 6.07) is 0.933. The molecule has 0 aromatic carbocycles. The Labute approximate surface area is 114 Å².